The molecule has 2 amide bonds. The van der Waals surface area contributed by atoms with Crippen molar-refractivity contribution in [3.05, 3.63) is 47.3 Å². The number of hydrogen-bond acceptors (Lipinski definition) is 7. The van der Waals surface area contributed by atoms with Crippen LogP contribution in [0.2, 0.25) is 0 Å². The predicted molar refractivity (Wildman–Crippen MR) is 135 cm³/mol. The fraction of sp³-hybridized carbons (Fsp3) is 0.556. The fourth-order valence-electron chi connectivity index (χ4n) is 5.12. The van der Waals surface area contributed by atoms with Gasteiger partial charge in [-0.3, -0.25) is 4.79 Å². The van der Waals surface area contributed by atoms with Gasteiger partial charge in [-0.05, 0) is 75.6 Å². The molecule has 2 aromatic rings. The van der Waals surface area contributed by atoms with Crippen LogP contribution in [0.15, 0.2) is 30.6 Å². The van der Waals surface area contributed by atoms with E-state index in [2.05, 4.69) is 20.0 Å². The number of halogens is 3. The van der Waals surface area contributed by atoms with Crippen molar-refractivity contribution in [1.82, 2.24) is 19.8 Å². The summed E-state index contributed by atoms with van der Waals surface area (Å²) in [5.41, 5.74) is 0.755. The van der Waals surface area contributed by atoms with Crippen molar-refractivity contribution in [2.45, 2.75) is 76.4 Å². The van der Waals surface area contributed by atoms with Crippen molar-refractivity contribution in [1.29, 1.82) is 0 Å². The van der Waals surface area contributed by atoms with Gasteiger partial charge in [0.15, 0.2) is 0 Å². The smallest absolute Gasteiger partial charge is 0.444 e. The average molecular weight is 548 g/mol. The van der Waals surface area contributed by atoms with Crippen LogP contribution in [0, 0.1) is 0 Å². The van der Waals surface area contributed by atoms with E-state index < -0.39 is 17.5 Å². The second kappa shape index (κ2) is 9.87. The molecule has 1 aromatic heterocycles. The van der Waals surface area contributed by atoms with E-state index >= 15 is 0 Å². The summed E-state index contributed by atoms with van der Waals surface area (Å²) in [5.74, 6) is 0.0519. The molecule has 2 saturated heterocycles. The lowest BCUT2D eigenvalue weighted by Gasteiger charge is -2.50. The van der Waals surface area contributed by atoms with Crippen molar-refractivity contribution < 1.29 is 32.2 Å². The summed E-state index contributed by atoms with van der Waals surface area (Å²) in [6.45, 7) is 7.18. The Kier molecular flexibility index (Phi) is 6.84. The number of alkyl halides is 3. The molecule has 3 heterocycles. The van der Waals surface area contributed by atoms with Crippen LogP contribution in [0.4, 0.5) is 23.9 Å². The number of anilines is 1. The number of nitrogens with zero attached hydrogens (tertiary/aromatic N) is 4. The number of rotatable bonds is 6. The van der Waals surface area contributed by atoms with Crippen molar-refractivity contribution in [2.24, 2.45) is 0 Å². The zero-order chi connectivity index (χ0) is 28.0. The van der Waals surface area contributed by atoms with E-state index in [1.165, 1.54) is 24.5 Å². The minimum Gasteiger partial charge on any atom is -0.444 e. The number of likely N-dealkylation sites (tertiary alicyclic amines) is 2. The molecule has 210 valence electrons. The molecule has 1 N–H and O–H groups in total. The number of ether oxygens (including phenoxy) is 2. The first-order valence-corrected chi connectivity index (χ1v) is 13.1. The molecule has 1 unspecified atom stereocenters. The van der Waals surface area contributed by atoms with Gasteiger partial charge in [-0.25, -0.2) is 14.8 Å². The molecule has 1 aromatic carbocycles. The summed E-state index contributed by atoms with van der Waals surface area (Å²) in [6, 6.07) is 4.64. The molecule has 0 bridgehead atoms. The van der Waals surface area contributed by atoms with Crippen LogP contribution < -0.4 is 10.1 Å². The minimum absolute atomic E-state index is 0.192. The Labute approximate surface area is 224 Å². The number of carbonyl (C=O) groups is 2. The summed E-state index contributed by atoms with van der Waals surface area (Å²) < 4.78 is 47.9. The Bertz CT molecular complexity index is 1240. The average Bonchev–Trinajstić information content (AvgIpc) is 3.57. The van der Waals surface area contributed by atoms with Gasteiger partial charge in [0, 0.05) is 38.6 Å². The lowest BCUT2D eigenvalue weighted by atomic mass is 9.83. The van der Waals surface area contributed by atoms with Gasteiger partial charge in [0.2, 0.25) is 5.95 Å². The van der Waals surface area contributed by atoms with Gasteiger partial charge in [0.25, 0.3) is 5.91 Å². The van der Waals surface area contributed by atoms with Gasteiger partial charge in [-0.15, -0.1) is 13.2 Å². The Balaban J connectivity index is 1.20. The third-order valence-electron chi connectivity index (χ3n) is 7.22. The fourth-order valence-corrected chi connectivity index (χ4v) is 5.12. The van der Waals surface area contributed by atoms with Gasteiger partial charge in [-0.2, -0.15) is 0 Å². The standard InChI is InChI=1S/C27H32F3N5O4/c1-25(2,3)39-24(37)34-8-6-26(16-34)7-9-35(26)22(36)20-14-32-23(33-15-20)31-13-17-10-19(18-4-5-18)12-21(11-17)38-27(28,29)30/h10-12,14-15,18H,4-9,13,16H2,1-3H3,(H,31,32,33). The number of hydrogen-bond donors (Lipinski definition) is 1. The summed E-state index contributed by atoms with van der Waals surface area (Å²) in [4.78, 5) is 37.6. The molecule has 3 aliphatic rings. The van der Waals surface area contributed by atoms with Crippen molar-refractivity contribution in [3.63, 3.8) is 0 Å². The quantitative estimate of drug-likeness (QED) is 0.538. The molecule has 5 rings (SSSR count). The highest BCUT2D eigenvalue weighted by molar-refractivity contribution is 5.95. The Hall–Kier alpha value is -3.57. The molecule has 1 aliphatic carbocycles. The van der Waals surface area contributed by atoms with Crippen LogP contribution in [0.5, 0.6) is 5.75 Å². The van der Waals surface area contributed by atoms with Crippen LogP contribution in [0.25, 0.3) is 0 Å². The maximum Gasteiger partial charge on any atom is 0.573 e. The zero-order valence-corrected chi connectivity index (χ0v) is 22.2. The van der Waals surface area contributed by atoms with Crippen LogP contribution >= 0.6 is 0 Å². The third kappa shape index (κ3) is 6.36. The maximum absolute atomic E-state index is 13.2. The largest absolute Gasteiger partial charge is 0.573 e. The van der Waals surface area contributed by atoms with Crippen molar-refractivity contribution in [3.8, 4) is 5.75 Å². The number of benzene rings is 1. The SMILES string of the molecule is CC(C)(C)OC(=O)N1CCC2(CCN2C(=O)c2cnc(NCc3cc(OC(F)(F)F)cc(C4CC4)c3)nc2)C1. The molecule has 12 heteroatoms. The van der Waals surface area contributed by atoms with Crippen molar-refractivity contribution >= 4 is 17.9 Å². The second-order valence-corrected chi connectivity index (χ2v) is 11.5. The van der Waals surface area contributed by atoms with E-state index in [4.69, 9.17) is 4.74 Å². The number of amides is 2. The third-order valence-corrected chi connectivity index (χ3v) is 7.22. The Morgan fingerprint density at radius 3 is 2.36 bits per heavy atom. The molecule has 2 aliphatic heterocycles. The maximum atomic E-state index is 13.2. The van der Waals surface area contributed by atoms with Gasteiger partial charge >= 0.3 is 12.5 Å². The van der Waals surface area contributed by atoms with Crippen LogP contribution in [0.3, 0.4) is 0 Å². The topological polar surface area (TPSA) is 96.9 Å². The first kappa shape index (κ1) is 27.0. The highest BCUT2D eigenvalue weighted by Gasteiger charge is 2.53. The predicted octanol–water partition coefficient (Wildman–Crippen LogP) is 5.09. The highest BCUT2D eigenvalue weighted by Crippen LogP contribution is 2.42. The first-order valence-electron chi connectivity index (χ1n) is 13.1. The molecule has 0 radical (unpaired) electrons. The lowest BCUT2D eigenvalue weighted by molar-refractivity contribution is -0.274. The summed E-state index contributed by atoms with van der Waals surface area (Å²) >= 11 is 0. The van der Waals surface area contributed by atoms with Gasteiger partial charge in [-0.1, -0.05) is 6.07 Å². The van der Waals surface area contributed by atoms with Crippen LogP contribution in [0.1, 0.15) is 73.9 Å². The number of nitrogens with one attached hydrogen (secondary N) is 1. The van der Waals surface area contributed by atoms with Crippen molar-refractivity contribution in [2.75, 3.05) is 25.0 Å². The molecular formula is C27H32F3N5O4. The Morgan fingerprint density at radius 1 is 1.08 bits per heavy atom. The minimum atomic E-state index is -4.76. The van der Waals surface area contributed by atoms with Crippen LogP contribution in [-0.4, -0.2) is 68.9 Å². The van der Waals surface area contributed by atoms with Gasteiger partial charge in [0.05, 0.1) is 11.1 Å². The summed E-state index contributed by atoms with van der Waals surface area (Å²) in [6.07, 6.45) is 1.09. The normalized spacial score (nSPS) is 21.1. The molecular weight excluding hydrogens is 515 g/mol. The number of aromatic nitrogens is 2. The summed E-state index contributed by atoms with van der Waals surface area (Å²) in [5, 5.41) is 3.00. The monoisotopic (exact) mass is 547 g/mol. The van der Waals surface area contributed by atoms with E-state index in [1.54, 1.807) is 9.80 Å². The van der Waals surface area contributed by atoms with Gasteiger partial charge < -0.3 is 24.6 Å². The second-order valence-electron chi connectivity index (χ2n) is 11.5. The summed E-state index contributed by atoms with van der Waals surface area (Å²) in [7, 11) is 0. The molecule has 39 heavy (non-hydrogen) atoms. The highest BCUT2D eigenvalue weighted by atomic mass is 19.4. The van der Waals surface area contributed by atoms with E-state index in [1.807, 2.05) is 26.8 Å². The lowest BCUT2D eigenvalue weighted by Crippen LogP contribution is -2.63. The molecule has 1 atom stereocenters. The van der Waals surface area contributed by atoms with E-state index in [-0.39, 0.29) is 36.2 Å². The molecule has 9 nitrogen and oxygen atoms in total. The number of carbonyl (C=O) groups excluding carboxylic acids is 2. The first-order chi connectivity index (χ1) is 18.3. The zero-order valence-electron chi connectivity index (χ0n) is 22.2. The molecule has 1 saturated carbocycles. The van der Waals surface area contributed by atoms with E-state index in [0.29, 0.717) is 37.2 Å². The molecule has 3 fully saturated rings. The molecule has 1 spiro atoms. The van der Waals surface area contributed by atoms with Crippen LogP contribution in [-0.2, 0) is 11.3 Å². The Morgan fingerprint density at radius 2 is 1.77 bits per heavy atom. The van der Waals surface area contributed by atoms with E-state index in [9.17, 15) is 22.8 Å². The van der Waals surface area contributed by atoms with E-state index in [0.717, 1.165) is 24.8 Å². The van der Waals surface area contributed by atoms with Gasteiger partial charge in [0.1, 0.15) is 11.4 Å².